The first-order valence-corrected chi connectivity index (χ1v) is 16.1. The molecule has 7 heteroatoms. The first-order valence-electron chi connectivity index (χ1n) is 16.1. The maximum Gasteiger partial charge on any atom is 0.243 e. The number of ether oxygens (including phenoxy) is 1. The summed E-state index contributed by atoms with van der Waals surface area (Å²) in [5.41, 5.74) is 5.78. The molecule has 2 aromatic rings. The number of amides is 2. The Morgan fingerprint density at radius 2 is 1.89 bits per heavy atom. The topological polar surface area (TPSA) is 90.9 Å². The van der Waals surface area contributed by atoms with Crippen LogP contribution in [-0.2, 0) is 20.7 Å². The van der Waals surface area contributed by atoms with E-state index in [1.54, 1.807) is 24.1 Å². The minimum absolute atomic E-state index is 0.00280. The molecule has 3 N–H and O–H groups in total. The van der Waals surface area contributed by atoms with Crippen molar-refractivity contribution < 1.29 is 19.4 Å². The van der Waals surface area contributed by atoms with Crippen LogP contribution >= 0.6 is 0 Å². The number of carbonyl (C=O) groups is 2. The lowest BCUT2D eigenvalue weighted by atomic mass is 9.98. The molecule has 0 spiro atoms. The number of unbranched alkanes of at least 4 members (excludes halogenated alkanes) is 1. The predicted molar refractivity (Wildman–Crippen MR) is 178 cm³/mol. The molecule has 0 unspecified atom stereocenters. The van der Waals surface area contributed by atoms with Crippen molar-refractivity contribution in [3.63, 3.8) is 0 Å². The summed E-state index contributed by atoms with van der Waals surface area (Å²) in [5.74, 6) is -0.518. The maximum absolute atomic E-state index is 13.8. The number of aliphatic hydroxyl groups excluding tert-OH is 1. The van der Waals surface area contributed by atoms with Crippen molar-refractivity contribution in [2.75, 3.05) is 20.2 Å². The number of rotatable bonds is 18. The average Bonchev–Trinajstić information content (AvgIpc) is 3.36. The van der Waals surface area contributed by atoms with Gasteiger partial charge in [-0.05, 0) is 61.8 Å². The Hall–Kier alpha value is -3.26. The van der Waals surface area contributed by atoms with Crippen LogP contribution in [0.4, 0.5) is 0 Å². The Bertz CT molecular complexity index is 1250. The van der Waals surface area contributed by atoms with E-state index in [1.807, 2.05) is 37.3 Å². The predicted octanol–water partition coefficient (Wildman–Crippen LogP) is 5.90. The molecule has 0 saturated carbocycles. The average molecular weight is 604 g/mol. The standard InChI is InChI=1S/C37H53N3O4/c1-8-11-16-26(5)37(43)40(7)32(15-9-2)36(42)39-31(22-28-17-13-12-14-18-28)33(41)24-38-30-23-34(44-19-10-3)35-27(6)20-25(4)21-29(30)35/h9-10,12-14,17-18,20-21,26,30-34,38,41H,2-3,8,11,15-16,19,22-24H2,1,4-7H3,(H,39,42)/t26-,30+,31-,32-,33+,34-/m0/s1. The molecule has 3 rings (SSSR count). The Labute approximate surface area is 264 Å². The van der Waals surface area contributed by atoms with Gasteiger partial charge in [-0.15, -0.1) is 13.2 Å². The lowest BCUT2D eigenvalue weighted by Crippen LogP contribution is -2.55. The van der Waals surface area contributed by atoms with E-state index in [2.05, 4.69) is 56.7 Å². The third kappa shape index (κ3) is 9.37. The van der Waals surface area contributed by atoms with Gasteiger partial charge in [0.1, 0.15) is 6.04 Å². The second kappa shape index (κ2) is 17.3. The third-order valence-electron chi connectivity index (χ3n) is 8.71. The molecule has 0 fully saturated rings. The molecule has 0 aromatic heterocycles. The summed E-state index contributed by atoms with van der Waals surface area (Å²) >= 11 is 0. The van der Waals surface area contributed by atoms with Crippen molar-refractivity contribution in [2.24, 2.45) is 5.92 Å². The third-order valence-corrected chi connectivity index (χ3v) is 8.71. The van der Waals surface area contributed by atoms with Gasteiger partial charge in [0, 0.05) is 25.6 Å². The highest BCUT2D eigenvalue weighted by molar-refractivity contribution is 5.88. The Morgan fingerprint density at radius 3 is 2.55 bits per heavy atom. The Balaban J connectivity index is 1.78. The van der Waals surface area contributed by atoms with Crippen LogP contribution in [-0.4, -0.2) is 60.2 Å². The van der Waals surface area contributed by atoms with E-state index in [0.717, 1.165) is 31.2 Å². The molecule has 0 aliphatic heterocycles. The number of hydrogen-bond donors (Lipinski definition) is 3. The molecule has 2 amide bonds. The molecule has 1 aliphatic rings. The molecule has 0 radical (unpaired) electrons. The lowest BCUT2D eigenvalue weighted by Gasteiger charge is -2.32. The van der Waals surface area contributed by atoms with E-state index in [9.17, 15) is 14.7 Å². The zero-order chi connectivity index (χ0) is 32.2. The monoisotopic (exact) mass is 603 g/mol. The number of nitrogens with one attached hydrogen (secondary N) is 2. The van der Waals surface area contributed by atoms with Crippen LogP contribution in [0.5, 0.6) is 0 Å². The lowest BCUT2D eigenvalue weighted by molar-refractivity contribution is -0.142. The number of aliphatic hydroxyl groups is 1. The fourth-order valence-electron chi connectivity index (χ4n) is 6.30. The summed E-state index contributed by atoms with van der Waals surface area (Å²) in [6, 6.07) is 12.9. The number of hydrogen-bond acceptors (Lipinski definition) is 5. The van der Waals surface area contributed by atoms with Gasteiger partial charge in [0.25, 0.3) is 0 Å². The van der Waals surface area contributed by atoms with Crippen molar-refractivity contribution in [3.05, 3.63) is 95.6 Å². The van der Waals surface area contributed by atoms with Gasteiger partial charge in [0.05, 0.1) is 24.9 Å². The molecule has 44 heavy (non-hydrogen) atoms. The molecule has 240 valence electrons. The number of likely N-dealkylation sites (N-methyl/N-ethyl adjacent to an activating group) is 1. The number of fused-ring (bicyclic) bond motifs is 1. The number of aryl methyl sites for hydroxylation is 2. The minimum atomic E-state index is -0.879. The fourth-order valence-corrected chi connectivity index (χ4v) is 6.30. The van der Waals surface area contributed by atoms with Gasteiger partial charge in [0.15, 0.2) is 0 Å². The van der Waals surface area contributed by atoms with Crippen LogP contribution in [0.25, 0.3) is 0 Å². The molecule has 0 heterocycles. The summed E-state index contributed by atoms with van der Waals surface area (Å²) in [7, 11) is 1.69. The van der Waals surface area contributed by atoms with Crippen LogP contribution in [0, 0.1) is 19.8 Å². The van der Waals surface area contributed by atoms with Crippen molar-refractivity contribution in [1.82, 2.24) is 15.5 Å². The Kier molecular flexibility index (Phi) is 13.8. The molecule has 0 bridgehead atoms. The normalized spacial score (nSPS) is 18.5. The minimum Gasteiger partial charge on any atom is -0.390 e. The molecule has 6 atom stereocenters. The highest BCUT2D eigenvalue weighted by atomic mass is 16.5. The van der Waals surface area contributed by atoms with Crippen LogP contribution in [0.1, 0.15) is 85.9 Å². The molecular formula is C37H53N3O4. The zero-order valence-electron chi connectivity index (χ0n) is 27.4. The summed E-state index contributed by atoms with van der Waals surface area (Å²) in [6.07, 6.45) is 6.79. The highest BCUT2D eigenvalue weighted by Gasteiger charge is 2.35. The fraction of sp³-hybridized carbons (Fsp3) is 0.514. The van der Waals surface area contributed by atoms with Crippen LogP contribution in [0.15, 0.2) is 67.8 Å². The van der Waals surface area contributed by atoms with Gasteiger partial charge in [-0.2, -0.15) is 0 Å². The van der Waals surface area contributed by atoms with Crippen LogP contribution in [0.3, 0.4) is 0 Å². The van der Waals surface area contributed by atoms with E-state index in [-0.39, 0.29) is 36.4 Å². The molecular weight excluding hydrogens is 550 g/mol. The summed E-state index contributed by atoms with van der Waals surface area (Å²) < 4.78 is 6.13. The van der Waals surface area contributed by atoms with Crippen molar-refractivity contribution >= 4 is 11.8 Å². The second-order valence-electron chi connectivity index (χ2n) is 12.3. The van der Waals surface area contributed by atoms with Gasteiger partial charge < -0.3 is 25.4 Å². The summed E-state index contributed by atoms with van der Waals surface area (Å²) in [4.78, 5) is 28.5. The largest absolute Gasteiger partial charge is 0.390 e. The highest BCUT2D eigenvalue weighted by Crippen LogP contribution is 2.43. The van der Waals surface area contributed by atoms with Crippen LogP contribution in [0.2, 0.25) is 0 Å². The van der Waals surface area contributed by atoms with E-state index < -0.39 is 18.2 Å². The second-order valence-corrected chi connectivity index (χ2v) is 12.3. The molecule has 1 aliphatic carbocycles. The number of benzene rings is 2. The smallest absolute Gasteiger partial charge is 0.243 e. The summed E-state index contributed by atoms with van der Waals surface area (Å²) in [6.45, 7) is 16.6. The molecule has 2 aromatic carbocycles. The zero-order valence-corrected chi connectivity index (χ0v) is 27.4. The van der Waals surface area contributed by atoms with Crippen molar-refractivity contribution in [1.29, 1.82) is 0 Å². The van der Waals surface area contributed by atoms with Crippen molar-refractivity contribution in [2.45, 2.75) is 96.6 Å². The molecule has 7 nitrogen and oxygen atoms in total. The summed E-state index contributed by atoms with van der Waals surface area (Å²) in [5, 5.41) is 18.3. The number of nitrogens with zero attached hydrogens (tertiary/aromatic N) is 1. The quantitative estimate of drug-likeness (QED) is 0.185. The van der Waals surface area contributed by atoms with Crippen LogP contribution < -0.4 is 10.6 Å². The van der Waals surface area contributed by atoms with E-state index in [0.29, 0.717) is 19.4 Å². The molecule has 0 saturated heterocycles. The first-order chi connectivity index (χ1) is 21.1. The van der Waals surface area contributed by atoms with E-state index >= 15 is 0 Å². The van der Waals surface area contributed by atoms with Gasteiger partial charge in [-0.25, -0.2) is 0 Å². The van der Waals surface area contributed by atoms with Gasteiger partial charge in [0.2, 0.25) is 11.8 Å². The van der Waals surface area contributed by atoms with Crippen molar-refractivity contribution in [3.8, 4) is 0 Å². The van der Waals surface area contributed by atoms with Gasteiger partial charge in [-0.3, -0.25) is 9.59 Å². The maximum atomic E-state index is 13.8. The first kappa shape index (κ1) is 35.2. The van der Waals surface area contributed by atoms with Gasteiger partial charge in [-0.1, -0.05) is 86.9 Å². The van der Waals surface area contributed by atoms with E-state index in [1.165, 1.54) is 22.3 Å². The van der Waals surface area contributed by atoms with E-state index in [4.69, 9.17) is 4.74 Å². The van der Waals surface area contributed by atoms with Gasteiger partial charge >= 0.3 is 0 Å². The Morgan fingerprint density at radius 1 is 1.16 bits per heavy atom. The SMILES string of the molecule is C=CCO[C@H]1C[C@@H](NC[C@@H](O)[C@H](Cc2ccccc2)NC(=O)[C@H](CC=C)N(C)C(=O)[C@@H](C)CCCC)c2cc(C)cc(C)c21. The number of carbonyl (C=O) groups excluding carboxylic acids is 2.